The fraction of sp³-hybridized carbons (Fsp3) is 0.238. The molecule has 0 aliphatic carbocycles. The maximum Gasteiger partial charge on any atom is 0.255 e. The molecule has 140 valence electrons. The molecule has 0 N–H and O–H groups in total. The van der Waals surface area contributed by atoms with Gasteiger partial charge in [0, 0.05) is 50.5 Å². The number of carbonyl (C=O) groups is 1. The van der Waals surface area contributed by atoms with E-state index in [2.05, 4.69) is 44.3 Å². The summed E-state index contributed by atoms with van der Waals surface area (Å²) in [5.74, 6) is 0.0575. The zero-order chi connectivity index (χ0) is 18.9. The van der Waals surface area contributed by atoms with Gasteiger partial charge in [0.1, 0.15) is 6.33 Å². The van der Waals surface area contributed by atoms with Crippen molar-refractivity contribution in [2.45, 2.75) is 6.54 Å². The predicted molar refractivity (Wildman–Crippen MR) is 106 cm³/mol. The molecule has 0 bridgehead atoms. The van der Waals surface area contributed by atoms with E-state index in [0.29, 0.717) is 5.56 Å². The van der Waals surface area contributed by atoms with E-state index >= 15 is 0 Å². The second kappa shape index (κ2) is 7.01. The van der Waals surface area contributed by atoms with Crippen LogP contribution in [0, 0.1) is 0 Å². The summed E-state index contributed by atoms with van der Waals surface area (Å²) in [6.45, 7) is 3.99. The number of aromatic nitrogens is 4. The smallest absolute Gasteiger partial charge is 0.255 e. The van der Waals surface area contributed by atoms with Crippen molar-refractivity contribution in [1.82, 2.24) is 29.4 Å². The number of para-hydroxylation sites is 1. The summed E-state index contributed by atoms with van der Waals surface area (Å²) >= 11 is 0. The first-order chi connectivity index (χ1) is 13.8. The first kappa shape index (κ1) is 16.8. The fourth-order valence-corrected chi connectivity index (χ4v) is 3.78. The van der Waals surface area contributed by atoms with Gasteiger partial charge in [0.05, 0.1) is 11.1 Å². The summed E-state index contributed by atoms with van der Waals surface area (Å²) in [7, 11) is 0. The summed E-state index contributed by atoms with van der Waals surface area (Å²) < 4.78 is 1.77. The quantitative estimate of drug-likeness (QED) is 0.552. The van der Waals surface area contributed by atoms with E-state index in [1.807, 2.05) is 29.3 Å². The lowest BCUT2D eigenvalue weighted by Crippen LogP contribution is -2.48. The Hall–Kier alpha value is -3.32. The Labute approximate surface area is 162 Å². The molecule has 1 saturated heterocycles. The highest BCUT2D eigenvalue weighted by Crippen LogP contribution is 2.19. The Morgan fingerprint density at radius 1 is 1.00 bits per heavy atom. The molecule has 1 aliphatic heterocycles. The van der Waals surface area contributed by atoms with Gasteiger partial charge in [-0.1, -0.05) is 24.3 Å². The van der Waals surface area contributed by atoms with E-state index in [4.69, 9.17) is 0 Å². The van der Waals surface area contributed by atoms with Crippen LogP contribution in [0.5, 0.6) is 0 Å². The summed E-state index contributed by atoms with van der Waals surface area (Å²) in [5, 5.41) is 9.01. The summed E-state index contributed by atoms with van der Waals surface area (Å²) in [6.07, 6.45) is 5.25. The normalized spacial score (nSPS) is 15.4. The van der Waals surface area contributed by atoms with Crippen LogP contribution in [0.15, 0.2) is 61.2 Å². The number of fused-ring (bicyclic) bond motifs is 2. The van der Waals surface area contributed by atoms with Gasteiger partial charge in [-0.2, -0.15) is 0 Å². The van der Waals surface area contributed by atoms with Crippen molar-refractivity contribution in [3.05, 3.63) is 72.3 Å². The van der Waals surface area contributed by atoms with E-state index < -0.39 is 0 Å². The van der Waals surface area contributed by atoms with Crippen LogP contribution in [0.2, 0.25) is 0 Å². The fourth-order valence-electron chi connectivity index (χ4n) is 3.78. The molecular weight excluding hydrogens is 352 g/mol. The topological polar surface area (TPSA) is 66.6 Å². The molecule has 1 amide bonds. The maximum absolute atomic E-state index is 12.8. The van der Waals surface area contributed by atoms with Gasteiger partial charge in [-0.25, -0.2) is 0 Å². The van der Waals surface area contributed by atoms with Crippen LogP contribution in [-0.2, 0) is 6.54 Å². The molecule has 3 aromatic heterocycles. The van der Waals surface area contributed by atoms with Gasteiger partial charge in [0.15, 0.2) is 5.65 Å². The van der Waals surface area contributed by atoms with Crippen LogP contribution in [-0.4, -0.2) is 61.5 Å². The minimum Gasteiger partial charge on any atom is -0.336 e. The lowest BCUT2D eigenvalue weighted by atomic mass is 10.1. The molecule has 7 nitrogen and oxygen atoms in total. The Kier molecular flexibility index (Phi) is 4.21. The van der Waals surface area contributed by atoms with Crippen molar-refractivity contribution in [2.75, 3.05) is 26.2 Å². The van der Waals surface area contributed by atoms with Gasteiger partial charge < -0.3 is 4.90 Å². The third-order valence-electron chi connectivity index (χ3n) is 5.31. The second-order valence-corrected chi connectivity index (χ2v) is 7.07. The Balaban J connectivity index is 1.26. The molecular formula is C21H20N6O. The largest absolute Gasteiger partial charge is 0.336 e. The average molecular weight is 372 g/mol. The van der Waals surface area contributed by atoms with Gasteiger partial charge in [0.25, 0.3) is 5.91 Å². The van der Waals surface area contributed by atoms with Crippen LogP contribution < -0.4 is 0 Å². The van der Waals surface area contributed by atoms with E-state index in [0.717, 1.165) is 49.3 Å². The van der Waals surface area contributed by atoms with Crippen molar-refractivity contribution < 1.29 is 4.79 Å². The SMILES string of the molecule is O=C(c1ccc2nncn2c1)N1CCN(Cc2cccc3cccnc23)CC1. The van der Waals surface area contributed by atoms with Crippen molar-refractivity contribution in [3.63, 3.8) is 0 Å². The molecule has 0 atom stereocenters. The standard InChI is InChI=1S/C21H20N6O/c28-21(18-6-7-19-24-23-15-27(19)14-18)26-11-9-25(10-12-26)13-17-4-1-3-16-5-2-8-22-20(16)17/h1-8,14-15H,9-13H2. The lowest BCUT2D eigenvalue weighted by molar-refractivity contribution is 0.0628. The second-order valence-electron chi connectivity index (χ2n) is 7.07. The van der Waals surface area contributed by atoms with Crippen LogP contribution in [0.1, 0.15) is 15.9 Å². The van der Waals surface area contributed by atoms with Gasteiger partial charge in [-0.3, -0.25) is 19.1 Å². The Morgan fingerprint density at radius 2 is 1.86 bits per heavy atom. The van der Waals surface area contributed by atoms with Gasteiger partial charge in [-0.15, -0.1) is 10.2 Å². The molecule has 0 unspecified atom stereocenters. The predicted octanol–water partition coefficient (Wildman–Crippen LogP) is 2.24. The van der Waals surface area contributed by atoms with E-state index in [9.17, 15) is 4.79 Å². The van der Waals surface area contributed by atoms with E-state index in [1.165, 1.54) is 5.56 Å². The van der Waals surface area contributed by atoms with Crippen LogP contribution in [0.3, 0.4) is 0 Å². The zero-order valence-corrected chi connectivity index (χ0v) is 15.4. The molecule has 4 heterocycles. The third-order valence-corrected chi connectivity index (χ3v) is 5.31. The first-order valence-corrected chi connectivity index (χ1v) is 9.41. The number of nitrogens with zero attached hydrogens (tertiary/aromatic N) is 6. The van der Waals surface area contributed by atoms with Crippen LogP contribution in [0.4, 0.5) is 0 Å². The van der Waals surface area contributed by atoms with Crippen molar-refractivity contribution >= 4 is 22.5 Å². The number of pyridine rings is 2. The average Bonchev–Trinajstić information content (AvgIpc) is 3.22. The van der Waals surface area contributed by atoms with Gasteiger partial charge >= 0.3 is 0 Å². The van der Waals surface area contributed by atoms with Crippen molar-refractivity contribution in [1.29, 1.82) is 0 Å². The number of benzene rings is 1. The van der Waals surface area contributed by atoms with Crippen molar-refractivity contribution in [3.8, 4) is 0 Å². The molecule has 4 aromatic rings. The van der Waals surface area contributed by atoms with E-state index in [-0.39, 0.29) is 5.91 Å². The number of hydrogen-bond acceptors (Lipinski definition) is 5. The Bertz CT molecular complexity index is 1140. The van der Waals surface area contributed by atoms with Crippen molar-refractivity contribution in [2.24, 2.45) is 0 Å². The highest BCUT2D eigenvalue weighted by molar-refractivity contribution is 5.94. The van der Waals surface area contributed by atoms with Crippen LogP contribution >= 0.6 is 0 Å². The number of hydrogen-bond donors (Lipinski definition) is 0. The zero-order valence-electron chi connectivity index (χ0n) is 15.4. The number of carbonyl (C=O) groups excluding carboxylic acids is 1. The molecule has 1 aromatic carbocycles. The Morgan fingerprint density at radius 3 is 2.75 bits per heavy atom. The molecule has 0 spiro atoms. The highest BCUT2D eigenvalue weighted by Gasteiger charge is 2.23. The summed E-state index contributed by atoms with van der Waals surface area (Å²) in [6, 6.07) is 14.0. The summed E-state index contributed by atoms with van der Waals surface area (Å²) in [4.78, 5) is 21.7. The highest BCUT2D eigenvalue weighted by atomic mass is 16.2. The first-order valence-electron chi connectivity index (χ1n) is 9.41. The monoisotopic (exact) mass is 372 g/mol. The molecule has 0 saturated carbocycles. The maximum atomic E-state index is 12.8. The van der Waals surface area contributed by atoms with Crippen LogP contribution in [0.25, 0.3) is 16.6 Å². The number of amides is 1. The van der Waals surface area contributed by atoms with Gasteiger partial charge in [0.2, 0.25) is 0 Å². The minimum atomic E-state index is 0.0575. The molecule has 1 fully saturated rings. The lowest BCUT2D eigenvalue weighted by Gasteiger charge is -2.34. The van der Waals surface area contributed by atoms with E-state index in [1.54, 1.807) is 16.9 Å². The number of rotatable bonds is 3. The molecule has 5 rings (SSSR count). The molecule has 28 heavy (non-hydrogen) atoms. The minimum absolute atomic E-state index is 0.0575. The molecule has 7 heteroatoms. The third kappa shape index (κ3) is 3.10. The number of piperazine rings is 1. The molecule has 1 aliphatic rings. The molecule has 0 radical (unpaired) electrons. The van der Waals surface area contributed by atoms with Gasteiger partial charge in [-0.05, 0) is 23.8 Å². The summed E-state index contributed by atoms with van der Waals surface area (Å²) in [5.41, 5.74) is 3.70.